The molecule has 0 saturated carbocycles. The number of rotatable bonds is 1. The molecule has 8 heterocycles. The molecule has 10 N–H and O–H groups in total. The summed E-state index contributed by atoms with van der Waals surface area (Å²) in [6, 6.07) is 0. The summed E-state index contributed by atoms with van der Waals surface area (Å²) in [6.45, 7) is 24.9. The molecule has 20 heteroatoms. The SMILES string of the molecule is CC(C)(C)Nc1ncnc2nc[nH]c12.CC(C)(C)c1nc(N)c2[nH]cnc2n1.CC(C)(C)c1nc2ncnc(N)c2[nH]1.CC(C)(C)n1cnc2c(N)ncnc21. The Labute approximate surface area is 323 Å². The van der Waals surface area contributed by atoms with E-state index in [9.17, 15) is 0 Å². The predicted molar refractivity (Wildman–Crippen MR) is 219 cm³/mol. The van der Waals surface area contributed by atoms with Gasteiger partial charge in [-0.1, -0.05) is 41.5 Å². The quantitative estimate of drug-likeness (QED) is 0.113. The van der Waals surface area contributed by atoms with Gasteiger partial charge in [0.25, 0.3) is 0 Å². The fraction of sp³-hybridized carbons (Fsp3) is 0.444. The Balaban J connectivity index is 0.000000143. The third kappa shape index (κ3) is 9.54. The Bertz CT molecular complexity index is 2540. The highest BCUT2D eigenvalue weighted by Crippen LogP contribution is 2.25. The number of anilines is 4. The van der Waals surface area contributed by atoms with Crippen LogP contribution in [0, 0.1) is 0 Å². The zero-order valence-electron chi connectivity index (χ0n) is 34.0. The van der Waals surface area contributed by atoms with Crippen LogP contribution in [0.1, 0.15) is 94.7 Å². The number of fused-ring (bicyclic) bond motifs is 4. The van der Waals surface area contributed by atoms with Gasteiger partial charge in [0.15, 0.2) is 45.9 Å². The molecule has 0 aliphatic carbocycles. The van der Waals surface area contributed by atoms with Crippen LogP contribution >= 0.6 is 0 Å². The van der Waals surface area contributed by atoms with Crippen molar-refractivity contribution in [1.29, 1.82) is 0 Å². The Kier molecular flexibility index (Phi) is 11.1. The highest BCUT2D eigenvalue weighted by Gasteiger charge is 2.21. The van der Waals surface area contributed by atoms with Crippen molar-refractivity contribution < 1.29 is 0 Å². The van der Waals surface area contributed by atoms with Crippen LogP contribution in [0.5, 0.6) is 0 Å². The second kappa shape index (κ2) is 15.3. The number of H-pyrrole nitrogens is 3. The van der Waals surface area contributed by atoms with Crippen molar-refractivity contribution in [3.05, 3.63) is 49.6 Å². The van der Waals surface area contributed by atoms with Crippen molar-refractivity contribution in [2.24, 2.45) is 0 Å². The van der Waals surface area contributed by atoms with Crippen molar-refractivity contribution in [2.45, 2.75) is 105 Å². The fourth-order valence-corrected chi connectivity index (χ4v) is 4.95. The zero-order valence-corrected chi connectivity index (χ0v) is 34.0. The lowest BCUT2D eigenvalue weighted by Crippen LogP contribution is -2.26. The second-order valence-corrected chi connectivity index (χ2v) is 17.0. The van der Waals surface area contributed by atoms with Crippen molar-refractivity contribution in [3.8, 4) is 0 Å². The van der Waals surface area contributed by atoms with Crippen LogP contribution in [0.2, 0.25) is 0 Å². The van der Waals surface area contributed by atoms with E-state index in [4.69, 9.17) is 17.2 Å². The molecule has 0 fully saturated rings. The second-order valence-electron chi connectivity index (χ2n) is 17.0. The van der Waals surface area contributed by atoms with Crippen molar-refractivity contribution in [3.63, 3.8) is 0 Å². The lowest BCUT2D eigenvalue weighted by atomic mass is 9.96. The summed E-state index contributed by atoms with van der Waals surface area (Å²) in [6.07, 6.45) is 9.33. The molecule has 0 unspecified atom stereocenters. The van der Waals surface area contributed by atoms with E-state index in [0.29, 0.717) is 45.4 Å². The molecule has 8 aromatic heterocycles. The lowest BCUT2D eigenvalue weighted by Gasteiger charge is -2.21. The number of nitrogens with two attached hydrogens (primary N) is 3. The standard InChI is InChI=1S/4C9H13N5/c1-9(2,3)14-5-13-6-7(10)11-4-12-8(6)14;1-9(2,3)14-8-6-7(11-4-10-6)12-5-13-8;1-9(2,3)8-13-5-6(10)11-4-12-7(5)14-8;1-9(2,3)8-13-6(10)5-7(14-8)12-4-11-5/h4-5H,1-3H3,(H2,10,11,12);4-5H,1-3H3,(H2,10,11,12,13,14);2*4H,1-3H3,(H3,10,11,12,13,14). The van der Waals surface area contributed by atoms with Gasteiger partial charge in [0, 0.05) is 21.9 Å². The predicted octanol–water partition coefficient (Wildman–Crippen LogP) is 5.19. The van der Waals surface area contributed by atoms with E-state index >= 15 is 0 Å². The molecule has 8 aromatic rings. The summed E-state index contributed by atoms with van der Waals surface area (Å²) in [5, 5.41) is 3.29. The van der Waals surface area contributed by atoms with Gasteiger partial charge in [-0.2, -0.15) is 0 Å². The van der Waals surface area contributed by atoms with Gasteiger partial charge >= 0.3 is 0 Å². The zero-order chi connectivity index (χ0) is 41.2. The van der Waals surface area contributed by atoms with Gasteiger partial charge in [0.2, 0.25) is 0 Å². The Morgan fingerprint density at radius 2 is 1.14 bits per heavy atom. The first-order valence-corrected chi connectivity index (χ1v) is 17.8. The molecule has 0 radical (unpaired) electrons. The Hall–Kier alpha value is -6.60. The number of aromatic nitrogens is 16. The van der Waals surface area contributed by atoms with Crippen LogP contribution in [0.15, 0.2) is 38.0 Å². The van der Waals surface area contributed by atoms with Gasteiger partial charge in [-0.15, -0.1) is 0 Å². The first-order valence-electron chi connectivity index (χ1n) is 17.8. The molecule has 0 atom stereocenters. The molecule has 0 aliphatic heterocycles. The van der Waals surface area contributed by atoms with Crippen molar-refractivity contribution >= 4 is 67.9 Å². The summed E-state index contributed by atoms with van der Waals surface area (Å²) in [5.41, 5.74) is 22.6. The molecule has 0 saturated heterocycles. The van der Waals surface area contributed by atoms with E-state index in [1.54, 1.807) is 19.0 Å². The molecule has 296 valence electrons. The van der Waals surface area contributed by atoms with Gasteiger partial charge in [0.1, 0.15) is 52.7 Å². The van der Waals surface area contributed by atoms with Crippen LogP contribution in [0.3, 0.4) is 0 Å². The van der Waals surface area contributed by atoms with Crippen LogP contribution in [0.25, 0.3) is 44.7 Å². The van der Waals surface area contributed by atoms with Gasteiger partial charge < -0.3 is 42.0 Å². The minimum atomic E-state index is -0.110. The van der Waals surface area contributed by atoms with Crippen LogP contribution in [0.4, 0.5) is 23.3 Å². The normalized spacial score (nSPS) is 12.1. The van der Waals surface area contributed by atoms with Gasteiger partial charge in [-0.3, -0.25) is 0 Å². The lowest BCUT2D eigenvalue weighted by molar-refractivity contribution is 0.406. The minimum absolute atomic E-state index is 0.0214. The van der Waals surface area contributed by atoms with E-state index in [2.05, 4.69) is 142 Å². The maximum absolute atomic E-state index is 5.78. The van der Waals surface area contributed by atoms with Crippen LogP contribution < -0.4 is 22.5 Å². The summed E-state index contributed by atoms with van der Waals surface area (Å²) in [4.78, 5) is 58.5. The Morgan fingerprint density at radius 1 is 0.554 bits per heavy atom. The monoisotopic (exact) mass is 764 g/mol. The van der Waals surface area contributed by atoms with E-state index in [0.717, 1.165) is 34.1 Å². The maximum Gasteiger partial charge on any atom is 0.183 e. The van der Waals surface area contributed by atoms with Crippen molar-refractivity contribution in [2.75, 3.05) is 22.5 Å². The number of nitrogens with one attached hydrogen (secondary N) is 4. The third-order valence-corrected chi connectivity index (χ3v) is 7.81. The number of hydrogen-bond acceptors (Lipinski definition) is 16. The van der Waals surface area contributed by atoms with E-state index in [1.807, 2.05) is 25.3 Å². The number of nitrogen functional groups attached to an aromatic ring is 3. The van der Waals surface area contributed by atoms with Gasteiger partial charge in [-0.05, 0) is 41.5 Å². The van der Waals surface area contributed by atoms with Crippen molar-refractivity contribution in [1.82, 2.24) is 79.3 Å². The molecule has 0 aliphatic rings. The molecule has 0 aromatic carbocycles. The topological polar surface area (TPSA) is 297 Å². The number of hydrogen-bond donors (Lipinski definition) is 7. The molecular weight excluding hydrogens is 713 g/mol. The summed E-state index contributed by atoms with van der Waals surface area (Å²) >= 11 is 0. The van der Waals surface area contributed by atoms with E-state index in [1.165, 1.54) is 19.0 Å². The average molecular weight is 765 g/mol. The molecular formula is C36H52N20. The Morgan fingerprint density at radius 3 is 1.77 bits per heavy atom. The van der Waals surface area contributed by atoms with E-state index in [-0.39, 0.29) is 21.9 Å². The molecule has 0 spiro atoms. The fourth-order valence-electron chi connectivity index (χ4n) is 4.95. The van der Waals surface area contributed by atoms with Crippen LogP contribution in [-0.4, -0.2) is 84.9 Å². The highest BCUT2D eigenvalue weighted by atomic mass is 15.2. The number of aromatic amines is 3. The number of nitrogens with zero attached hydrogens (tertiary/aromatic N) is 13. The molecule has 56 heavy (non-hydrogen) atoms. The summed E-state index contributed by atoms with van der Waals surface area (Å²) in [7, 11) is 0. The first kappa shape index (κ1) is 40.6. The summed E-state index contributed by atoms with van der Waals surface area (Å²) < 4.78 is 1.99. The van der Waals surface area contributed by atoms with Gasteiger partial charge in [0.05, 0.1) is 19.0 Å². The highest BCUT2D eigenvalue weighted by molar-refractivity contribution is 5.83. The largest absolute Gasteiger partial charge is 0.382 e. The molecule has 20 nitrogen and oxygen atoms in total. The smallest absolute Gasteiger partial charge is 0.183 e. The third-order valence-electron chi connectivity index (χ3n) is 7.81. The molecule has 0 bridgehead atoms. The van der Waals surface area contributed by atoms with Crippen LogP contribution in [-0.2, 0) is 16.4 Å². The van der Waals surface area contributed by atoms with E-state index < -0.39 is 0 Å². The average Bonchev–Trinajstić information content (AvgIpc) is 3.90. The summed E-state index contributed by atoms with van der Waals surface area (Å²) in [5.74, 6) is 3.71. The first-order chi connectivity index (χ1) is 26.0. The number of imidazole rings is 4. The van der Waals surface area contributed by atoms with Gasteiger partial charge in [-0.25, -0.2) is 59.8 Å². The minimum Gasteiger partial charge on any atom is -0.382 e. The molecule has 0 amide bonds. The maximum atomic E-state index is 5.78. The molecule has 8 rings (SSSR count).